The molecule has 0 aliphatic heterocycles. The number of carbonyl (C=O) groups is 1. The summed E-state index contributed by atoms with van der Waals surface area (Å²) in [6, 6.07) is 0. The van der Waals surface area contributed by atoms with Gasteiger partial charge >= 0.3 is 6.09 Å². The van der Waals surface area contributed by atoms with Gasteiger partial charge in [-0.15, -0.1) is 0 Å². The molecule has 0 aromatic heterocycles. The van der Waals surface area contributed by atoms with E-state index in [1.54, 1.807) is 13.8 Å². The second-order valence-electron chi connectivity index (χ2n) is 3.54. The Hall–Kier alpha value is -1.46. The highest BCUT2D eigenvalue weighted by molar-refractivity contribution is 5.67. The minimum Gasteiger partial charge on any atom is -0.443 e. The van der Waals surface area contributed by atoms with Gasteiger partial charge in [-0.2, -0.15) is 0 Å². The van der Waals surface area contributed by atoms with Crippen molar-refractivity contribution in [1.82, 2.24) is 5.32 Å². The molecule has 0 aromatic rings. The molecule has 0 atom stereocenters. The van der Waals surface area contributed by atoms with Gasteiger partial charge in [0, 0.05) is 18.1 Å². The van der Waals surface area contributed by atoms with Crippen molar-refractivity contribution in [3.8, 4) is 0 Å². The first-order valence-corrected chi connectivity index (χ1v) is 4.60. The van der Waals surface area contributed by atoms with Crippen LogP contribution in [-0.2, 0) is 4.74 Å². The number of hydrogen-bond donors (Lipinski definition) is 2. The molecule has 0 saturated carbocycles. The number of hydrogen-bond acceptors (Lipinski definition) is 4. The Morgan fingerprint density at radius 1 is 1.67 bits per heavy atom. The summed E-state index contributed by atoms with van der Waals surface area (Å²) in [5.41, 5.74) is 7.29. The molecule has 0 aliphatic rings. The highest BCUT2D eigenvalue weighted by atomic mass is 16.6. The lowest BCUT2D eigenvalue weighted by Gasteiger charge is -2.22. The van der Waals surface area contributed by atoms with E-state index in [1.165, 1.54) is 0 Å². The smallest absolute Gasteiger partial charge is 0.407 e. The molecule has 15 heavy (non-hydrogen) atoms. The van der Waals surface area contributed by atoms with Gasteiger partial charge in [0.2, 0.25) is 0 Å². The zero-order chi connectivity index (χ0) is 11.7. The summed E-state index contributed by atoms with van der Waals surface area (Å²) < 4.78 is 4.99. The second-order valence-corrected chi connectivity index (χ2v) is 3.54. The Morgan fingerprint density at radius 2 is 2.33 bits per heavy atom. The van der Waals surface area contributed by atoms with Crippen molar-refractivity contribution in [2.45, 2.75) is 25.9 Å². The van der Waals surface area contributed by atoms with Gasteiger partial charge in [0.1, 0.15) is 5.60 Å². The zero-order valence-corrected chi connectivity index (χ0v) is 8.93. The number of alkyl carbamates (subject to hydrolysis) is 1. The van der Waals surface area contributed by atoms with Crippen LogP contribution in [0.25, 0.3) is 10.4 Å². The maximum Gasteiger partial charge on any atom is 0.407 e. The SMILES string of the molecule is CC(C)(CN=[N+]=[N-])OC(=O)NCCCO. The fraction of sp³-hybridized carbons (Fsp3) is 0.875. The maximum atomic E-state index is 11.1. The van der Waals surface area contributed by atoms with Gasteiger partial charge in [0.05, 0.1) is 6.54 Å². The van der Waals surface area contributed by atoms with Gasteiger partial charge in [-0.3, -0.25) is 0 Å². The van der Waals surface area contributed by atoms with E-state index in [1.807, 2.05) is 0 Å². The van der Waals surface area contributed by atoms with Gasteiger partial charge in [0.15, 0.2) is 0 Å². The van der Waals surface area contributed by atoms with Crippen LogP contribution in [0.1, 0.15) is 20.3 Å². The average molecular weight is 216 g/mol. The van der Waals surface area contributed by atoms with Crippen LogP contribution in [0.2, 0.25) is 0 Å². The number of rotatable bonds is 6. The lowest BCUT2D eigenvalue weighted by molar-refractivity contribution is 0.0452. The molecule has 7 nitrogen and oxygen atoms in total. The third-order valence-corrected chi connectivity index (χ3v) is 1.49. The summed E-state index contributed by atoms with van der Waals surface area (Å²) in [4.78, 5) is 13.7. The number of nitrogens with one attached hydrogen (secondary N) is 1. The normalized spacial score (nSPS) is 10.3. The number of azide groups is 1. The monoisotopic (exact) mass is 216 g/mol. The lowest BCUT2D eigenvalue weighted by Crippen LogP contribution is -2.37. The Balaban J connectivity index is 3.87. The summed E-state index contributed by atoms with van der Waals surface area (Å²) in [5.74, 6) is 0. The zero-order valence-electron chi connectivity index (χ0n) is 8.93. The van der Waals surface area contributed by atoms with Gasteiger partial charge in [-0.1, -0.05) is 5.11 Å². The molecule has 1 amide bonds. The Morgan fingerprint density at radius 3 is 2.87 bits per heavy atom. The van der Waals surface area contributed by atoms with Gasteiger partial charge < -0.3 is 15.2 Å². The number of amides is 1. The van der Waals surface area contributed by atoms with E-state index >= 15 is 0 Å². The number of ether oxygens (including phenoxy) is 1. The van der Waals surface area contributed by atoms with Crippen molar-refractivity contribution in [3.05, 3.63) is 10.4 Å². The van der Waals surface area contributed by atoms with Crippen LogP contribution in [0, 0.1) is 0 Å². The summed E-state index contributed by atoms with van der Waals surface area (Å²) in [6.45, 7) is 3.74. The van der Waals surface area contributed by atoms with E-state index in [-0.39, 0.29) is 13.2 Å². The lowest BCUT2D eigenvalue weighted by atomic mass is 10.1. The molecule has 0 fully saturated rings. The van der Waals surface area contributed by atoms with Gasteiger partial charge in [-0.05, 0) is 25.8 Å². The van der Waals surface area contributed by atoms with Crippen LogP contribution >= 0.6 is 0 Å². The fourth-order valence-electron chi connectivity index (χ4n) is 0.791. The van der Waals surface area contributed by atoms with Crippen LogP contribution in [0.15, 0.2) is 5.11 Å². The van der Waals surface area contributed by atoms with Crippen molar-refractivity contribution in [2.75, 3.05) is 19.7 Å². The van der Waals surface area contributed by atoms with E-state index in [0.717, 1.165) is 0 Å². The molecule has 0 aliphatic carbocycles. The minimum absolute atomic E-state index is 0.0163. The predicted molar refractivity (Wildman–Crippen MR) is 54.3 cm³/mol. The molecule has 2 N–H and O–H groups in total. The van der Waals surface area contributed by atoms with E-state index in [4.69, 9.17) is 15.4 Å². The van der Waals surface area contributed by atoms with Crippen molar-refractivity contribution < 1.29 is 14.6 Å². The molecule has 0 saturated heterocycles. The average Bonchev–Trinajstić information content (AvgIpc) is 2.14. The van der Waals surface area contributed by atoms with Crippen LogP contribution in [0.3, 0.4) is 0 Å². The third-order valence-electron chi connectivity index (χ3n) is 1.49. The molecular formula is C8H16N4O3. The van der Waals surface area contributed by atoms with Crippen molar-refractivity contribution in [2.24, 2.45) is 5.11 Å². The largest absolute Gasteiger partial charge is 0.443 e. The summed E-state index contributed by atoms with van der Waals surface area (Å²) in [7, 11) is 0. The molecular weight excluding hydrogens is 200 g/mol. The maximum absolute atomic E-state index is 11.1. The van der Waals surface area contributed by atoms with Crippen LogP contribution < -0.4 is 5.32 Å². The Labute approximate surface area is 88.0 Å². The molecule has 0 unspecified atom stereocenters. The summed E-state index contributed by atoms with van der Waals surface area (Å²) >= 11 is 0. The van der Waals surface area contributed by atoms with E-state index in [0.29, 0.717) is 13.0 Å². The molecule has 0 aromatic carbocycles. The molecule has 0 spiro atoms. The minimum atomic E-state index is -0.824. The number of carbonyl (C=O) groups excluding carboxylic acids is 1. The first-order chi connectivity index (χ1) is 7.02. The third kappa shape index (κ3) is 7.60. The number of aliphatic hydroxyl groups excluding tert-OH is 1. The van der Waals surface area contributed by atoms with Gasteiger partial charge in [0.25, 0.3) is 0 Å². The van der Waals surface area contributed by atoms with E-state index in [2.05, 4.69) is 15.3 Å². The topological polar surface area (TPSA) is 107 Å². The number of nitrogens with zero attached hydrogens (tertiary/aromatic N) is 3. The highest BCUT2D eigenvalue weighted by Crippen LogP contribution is 2.09. The van der Waals surface area contributed by atoms with Crippen molar-refractivity contribution >= 4 is 6.09 Å². The van der Waals surface area contributed by atoms with Crippen molar-refractivity contribution in [3.63, 3.8) is 0 Å². The Bertz CT molecular complexity index is 248. The molecule has 0 rings (SSSR count). The highest BCUT2D eigenvalue weighted by Gasteiger charge is 2.21. The molecule has 0 heterocycles. The standard InChI is InChI=1S/C8H16N4O3/c1-8(2,6-11-12-9)15-7(14)10-4-3-5-13/h13H,3-6H2,1-2H3,(H,10,14). The summed E-state index contributed by atoms with van der Waals surface area (Å²) in [5, 5.41) is 14.3. The quantitative estimate of drug-likeness (QED) is 0.301. The summed E-state index contributed by atoms with van der Waals surface area (Å²) in [6.07, 6.45) is -0.104. The van der Waals surface area contributed by atoms with E-state index < -0.39 is 11.7 Å². The van der Waals surface area contributed by atoms with E-state index in [9.17, 15) is 4.79 Å². The van der Waals surface area contributed by atoms with Crippen LogP contribution in [-0.4, -0.2) is 36.5 Å². The second kappa shape index (κ2) is 6.92. The number of aliphatic hydroxyl groups is 1. The van der Waals surface area contributed by atoms with Crippen LogP contribution in [0.5, 0.6) is 0 Å². The van der Waals surface area contributed by atoms with Crippen molar-refractivity contribution in [1.29, 1.82) is 0 Å². The van der Waals surface area contributed by atoms with Crippen LogP contribution in [0.4, 0.5) is 4.79 Å². The predicted octanol–water partition coefficient (Wildman–Crippen LogP) is 1.18. The molecule has 0 bridgehead atoms. The molecule has 7 heteroatoms. The molecule has 0 radical (unpaired) electrons. The fourth-order valence-corrected chi connectivity index (χ4v) is 0.791. The first kappa shape index (κ1) is 13.5. The first-order valence-electron chi connectivity index (χ1n) is 4.60. The molecule has 86 valence electrons. The van der Waals surface area contributed by atoms with Gasteiger partial charge in [-0.25, -0.2) is 4.79 Å². The Kier molecular flexibility index (Phi) is 6.24.